The van der Waals surface area contributed by atoms with Crippen LogP contribution in [0.3, 0.4) is 0 Å². The lowest BCUT2D eigenvalue weighted by Crippen LogP contribution is -2.43. The van der Waals surface area contributed by atoms with Crippen LogP contribution in [0.1, 0.15) is 25.8 Å². The first-order valence-corrected chi connectivity index (χ1v) is 12.5. The van der Waals surface area contributed by atoms with Gasteiger partial charge in [0, 0.05) is 24.2 Å². The number of rotatable bonds is 6. The van der Waals surface area contributed by atoms with Gasteiger partial charge in [-0.3, -0.25) is 4.79 Å². The second kappa shape index (κ2) is 10.8. The van der Waals surface area contributed by atoms with Crippen molar-refractivity contribution in [2.45, 2.75) is 25.3 Å². The van der Waals surface area contributed by atoms with Gasteiger partial charge in [-0.05, 0) is 42.0 Å². The highest BCUT2D eigenvalue weighted by Crippen LogP contribution is 2.35. The molecule has 174 valence electrons. The minimum absolute atomic E-state index is 0.102. The van der Waals surface area contributed by atoms with Gasteiger partial charge in [0.1, 0.15) is 16.8 Å². The number of nitriles is 1. The van der Waals surface area contributed by atoms with Crippen LogP contribution in [-0.2, 0) is 4.79 Å². The van der Waals surface area contributed by atoms with Gasteiger partial charge < -0.3 is 9.64 Å². The van der Waals surface area contributed by atoms with Gasteiger partial charge in [-0.25, -0.2) is 4.98 Å². The standard InChI is InChI=1S/C28H29N3O2S/c1-19-13-20(2)17-31(16-19)27(32)18-34-28-25(15-29)24(21-9-11-23(33-3)12-10-21)14-26(30-28)22-7-5-4-6-8-22/h4-12,14,19-20H,13,16-18H2,1-3H3/t19-,20-/m0/s1. The highest BCUT2D eigenvalue weighted by molar-refractivity contribution is 8.00. The van der Waals surface area contributed by atoms with Crippen LogP contribution in [0.5, 0.6) is 5.75 Å². The van der Waals surface area contributed by atoms with Crippen molar-refractivity contribution in [2.24, 2.45) is 11.8 Å². The van der Waals surface area contributed by atoms with Crippen LogP contribution in [-0.4, -0.2) is 41.7 Å². The lowest BCUT2D eigenvalue weighted by molar-refractivity contribution is -0.130. The smallest absolute Gasteiger partial charge is 0.233 e. The lowest BCUT2D eigenvalue weighted by atomic mass is 9.92. The zero-order valence-corrected chi connectivity index (χ0v) is 20.6. The van der Waals surface area contributed by atoms with Crippen LogP contribution in [0.15, 0.2) is 65.7 Å². The first-order valence-electron chi connectivity index (χ1n) is 11.5. The zero-order valence-electron chi connectivity index (χ0n) is 19.8. The Hall–Kier alpha value is -3.30. The molecule has 0 saturated carbocycles. The number of piperidine rings is 1. The van der Waals surface area contributed by atoms with Crippen molar-refractivity contribution in [3.8, 4) is 34.2 Å². The van der Waals surface area contributed by atoms with Crippen molar-refractivity contribution in [3.63, 3.8) is 0 Å². The van der Waals surface area contributed by atoms with E-state index in [1.807, 2.05) is 65.6 Å². The summed E-state index contributed by atoms with van der Waals surface area (Å²) in [5.74, 6) is 2.14. The van der Waals surface area contributed by atoms with E-state index in [0.717, 1.165) is 47.6 Å². The second-order valence-corrected chi connectivity index (χ2v) is 9.94. The minimum Gasteiger partial charge on any atom is -0.497 e. The summed E-state index contributed by atoms with van der Waals surface area (Å²) in [7, 11) is 1.63. The maximum Gasteiger partial charge on any atom is 0.233 e. The molecule has 5 nitrogen and oxygen atoms in total. The molecule has 1 aromatic heterocycles. The van der Waals surface area contributed by atoms with Gasteiger partial charge >= 0.3 is 0 Å². The molecule has 1 aliphatic heterocycles. The second-order valence-electron chi connectivity index (χ2n) is 8.97. The largest absolute Gasteiger partial charge is 0.497 e. The fraction of sp³-hybridized carbons (Fsp3) is 0.321. The first-order chi connectivity index (χ1) is 16.5. The first kappa shape index (κ1) is 23.8. The molecule has 2 atom stereocenters. The molecule has 6 heteroatoms. The van der Waals surface area contributed by atoms with Crippen molar-refractivity contribution in [2.75, 3.05) is 26.0 Å². The van der Waals surface area contributed by atoms with Crippen LogP contribution >= 0.6 is 11.8 Å². The number of aromatic nitrogens is 1. The topological polar surface area (TPSA) is 66.2 Å². The number of hydrogen-bond donors (Lipinski definition) is 0. The maximum atomic E-state index is 13.0. The van der Waals surface area contributed by atoms with Crippen molar-refractivity contribution in [3.05, 3.63) is 66.2 Å². The molecule has 1 amide bonds. The number of ether oxygens (including phenoxy) is 1. The Labute approximate surface area is 205 Å². The third-order valence-corrected chi connectivity index (χ3v) is 7.08. The summed E-state index contributed by atoms with van der Waals surface area (Å²) >= 11 is 1.35. The Balaban J connectivity index is 1.69. The molecule has 2 heterocycles. The quantitative estimate of drug-likeness (QED) is 0.419. The van der Waals surface area contributed by atoms with E-state index in [0.29, 0.717) is 22.4 Å². The summed E-state index contributed by atoms with van der Waals surface area (Å²) in [5.41, 5.74) is 3.94. The van der Waals surface area contributed by atoms with Crippen LogP contribution < -0.4 is 4.74 Å². The highest BCUT2D eigenvalue weighted by Gasteiger charge is 2.26. The monoisotopic (exact) mass is 471 g/mol. The Morgan fingerprint density at radius 2 is 1.76 bits per heavy atom. The lowest BCUT2D eigenvalue weighted by Gasteiger charge is -2.35. The fourth-order valence-corrected chi connectivity index (χ4v) is 5.48. The molecule has 4 rings (SSSR count). The predicted molar refractivity (Wildman–Crippen MR) is 137 cm³/mol. The van der Waals surface area contributed by atoms with E-state index in [1.54, 1.807) is 7.11 Å². The number of hydrogen-bond acceptors (Lipinski definition) is 5. The summed E-state index contributed by atoms with van der Waals surface area (Å²) in [5, 5.41) is 10.7. The summed E-state index contributed by atoms with van der Waals surface area (Å²) in [6.07, 6.45) is 1.15. The van der Waals surface area contributed by atoms with Gasteiger partial charge in [-0.15, -0.1) is 0 Å². The average Bonchev–Trinajstić information content (AvgIpc) is 2.86. The molecular weight excluding hydrogens is 442 g/mol. The average molecular weight is 472 g/mol. The third-order valence-electron chi connectivity index (χ3n) is 6.12. The summed E-state index contributed by atoms with van der Waals surface area (Å²) in [4.78, 5) is 19.8. The molecule has 0 aliphatic carbocycles. The minimum atomic E-state index is 0.102. The number of methoxy groups -OCH3 is 1. The van der Waals surface area contributed by atoms with E-state index in [-0.39, 0.29) is 11.7 Å². The van der Waals surface area contributed by atoms with Crippen LogP contribution in [0.25, 0.3) is 22.4 Å². The number of benzene rings is 2. The van der Waals surface area contributed by atoms with E-state index in [1.165, 1.54) is 11.8 Å². The fourth-order valence-electron chi connectivity index (χ4n) is 4.58. The van der Waals surface area contributed by atoms with Crippen molar-refractivity contribution in [1.29, 1.82) is 5.26 Å². The number of thioether (sulfide) groups is 1. The molecule has 0 N–H and O–H groups in total. The summed E-state index contributed by atoms with van der Waals surface area (Å²) in [6, 6.07) is 21.9. The SMILES string of the molecule is COc1ccc(-c2cc(-c3ccccc3)nc(SCC(=O)N3C[C@@H](C)C[C@H](C)C3)c2C#N)cc1. The molecule has 0 spiro atoms. The van der Waals surface area contributed by atoms with Gasteiger partial charge in [0.2, 0.25) is 5.91 Å². The highest BCUT2D eigenvalue weighted by atomic mass is 32.2. The zero-order chi connectivity index (χ0) is 24.1. The van der Waals surface area contributed by atoms with Crippen LogP contribution in [0.2, 0.25) is 0 Å². The number of pyridine rings is 1. The van der Waals surface area contributed by atoms with E-state index >= 15 is 0 Å². The van der Waals surface area contributed by atoms with Gasteiger partial charge in [0.25, 0.3) is 0 Å². The molecule has 0 bridgehead atoms. The van der Waals surface area contributed by atoms with E-state index in [2.05, 4.69) is 19.9 Å². The van der Waals surface area contributed by atoms with Crippen LogP contribution in [0.4, 0.5) is 0 Å². The van der Waals surface area contributed by atoms with Gasteiger partial charge in [0.05, 0.1) is 24.1 Å². The molecule has 1 fully saturated rings. The predicted octanol–water partition coefficient (Wildman–Crippen LogP) is 5.89. The van der Waals surface area contributed by atoms with E-state index in [4.69, 9.17) is 9.72 Å². The number of nitrogens with zero attached hydrogens (tertiary/aromatic N) is 3. The molecule has 1 saturated heterocycles. The molecule has 0 radical (unpaired) electrons. The van der Waals surface area contributed by atoms with Crippen molar-refractivity contribution < 1.29 is 9.53 Å². The van der Waals surface area contributed by atoms with Gasteiger partial charge in [0.15, 0.2) is 0 Å². The van der Waals surface area contributed by atoms with E-state index in [9.17, 15) is 10.1 Å². The van der Waals surface area contributed by atoms with Crippen LogP contribution in [0, 0.1) is 23.2 Å². The Morgan fingerprint density at radius 3 is 2.38 bits per heavy atom. The van der Waals surface area contributed by atoms with Crippen molar-refractivity contribution in [1.82, 2.24) is 9.88 Å². The number of carbonyl (C=O) groups excluding carboxylic acids is 1. The van der Waals surface area contributed by atoms with Gasteiger partial charge in [-0.1, -0.05) is 68.1 Å². The molecule has 3 aromatic rings. The molecule has 2 aromatic carbocycles. The normalized spacial score (nSPS) is 17.8. The van der Waals surface area contributed by atoms with E-state index < -0.39 is 0 Å². The molecule has 0 unspecified atom stereocenters. The Bertz CT molecular complexity index is 1180. The Kier molecular flexibility index (Phi) is 7.54. The maximum absolute atomic E-state index is 13.0. The van der Waals surface area contributed by atoms with Gasteiger partial charge in [-0.2, -0.15) is 5.26 Å². The molecule has 34 heavy (non-hydrogen) atoms. The molecule has 1 aliphatic rings. The number of amides is 1. The number of likely N-dealkylation sites (tertiary alicyclic amines) is 1. The Morgan fingerprint density at radius 1 is 1.09 bits per heavy atom. The third kappa shape index (κ3) is 5.43. The summed E-state index contributed by atoms with van der Waals surface area (Å²) < 4.78 is 5.29. The van der Waals surface area contributed by atoms with Crippen molar-refractivity contribution >= 4 is 17.7 Å². The number of carbonyl (C=O) groups is 1. The molecular formula is C28H29N3O2S. The summed E-state index contributed by atoms with van der Waals surface area (Å²) in [6.45, 7) is 5.98.